The van der Waals surface area contributed by atoms with Crippen LogP contribution < -0.4 is 10.2 Å². The number of nitrogens with zero attached hydrogens (tertiary/aromatic N) is 3. The van der Waals surface area contributed by atoms with Gasteiger partial charge in [0.05, 0.1) is 17.9 Å². The second-order valence-corrected chi connectivity index (χ2v) is 6.42. The van der Waals surface area contributed by atoms with Gasteiger partial charge in [0.2, 0.25) is 5.95 Å². The van der Waals surface area contributed by atoms with Crippen molar-refractivity contribution in [2.45, 2.75) is 0 Å². The third-order valence-electron chi connectivity index (χ3n) is 4.50. The van der Waals surface area contributed by atoms with Crippen LogP contribution in [-0.2, 0) is 9.53 Å². The molecule has 0 aliphatic carbocycles. The molecule has 146 valence electrons. The van der Waals surface area contributed by atoms with Crippen molar-refractivity contribution in [3.63, 3.8) is 0 Å². The molecule has 8 nitrogen and oxygen atoms in total. The molecule has 1 amide bonds. The quantitative estimate of drug-likeness (QED) is 0.690. The summed E-state index contributed by atoms with van der Waals surface area (Å²) in [5, 5.41) is 12.1. The molecule has 1 aromatic heterocycles. The summed E-state index contributed by atoms with van der Waals surface area (Å²) < 4.78 is 5.15. The fourth-order valence-corrected chi connectivity index (χ4v) is 3.01. The number of aromatic carboxylic acids is 1. The lowest BCUT2D eigenvalue weighted by atomic mass is 10.1. The highest BCUT2D eigenvalue weighted by molar-refractivity contribution is 5.95. The monoisotopic (exact) mass is 390 g/mol. The van der Waals surface area contributed by atoms with Gasteiger partial charge in [-0.2, -0.15) is 0 Å². The van der Waals surface area contributed by atoms with E-state index in [4.69, 9.17) is 9.84 Å². The van der Waals surface area contributed by atoms with Gasteiger partial charge in [-0.25, -0.2) is 14.8 Å². The van der Waals surface area contributed by atoms with Crippen molar-refractivity contribution in [2.75, 3.05) is 30.0 Å². The predicted octanol–water partition coefficient (Wildman–Crippen LogP) is 2.95. The zero-order valence-electron chi connectivity index (χ0n) is 15.4. The van der Waals surface area contributed by atoms with Crippen LogP contribution >= 0.6 is 0 Å². The van der Waals surface area contributed by atoms with Gasteiger partial charge in [0, 0.05) is 29.7 Å². The molecule has 1 aliphatic rings. The molecule has 2 N–H and O–H groups in total. The zero-order chi connectivity index (χ0) is 20.2. The van der Waals surface area contributed by atoms with Crippen LogP contribution in [0.5, 0.6) is 0 Å². The molecule has 0 atom stereocenters. The smallest absolute Gasteiger partial charge is 0.335 e. The highest BCUT2D eigenvalue weighted by Crippen LogP contribution is 2.23. The maximum absolute atomic E-state index is 11.9. The molecule has 4 rings (SSSR count). The van der Waals surface area contributed by atoms with Crippen LogP contribution in [0.1, 0.15) is 10.4 Å². The predicted molar refractivity (Wildman–Crippen MR) is 107 cm³/mol. The first-order valence-electron chi connectivity index (χ1n) is 9.02. The second kappa shape index (κ2) is 8.07. The fraction of sp³-hybridized carbons (Fsp3) is 0.143. The molecule has 0 bridgehead atoms. The van der Waals surface area contributed by atoms with E-state index in [0.717, 1.165) is 16.9 Å². The van der Waals surface area contributed by atoms with Crippen molar-refractivity contribution in [1.29, 1.82) is 0 Å². The summed E-state index contributed by atoms with van der Waals surface area (Å²) in [4.78, 5) is 33.3. The lowest BCUT2D eigenvalue weighted by Gasteiger charge is -2.26. The minimum Gasteiger partial charge on any atom is -0.478 e. The summed E-state index contributed by atoms with van der Waals surface area (Å²) in [5.74, 6) is -0.606. The Hall–Kier alpha value is -3.78. The Morgan fingerprint density at radius 2 is 1.83 bits per heavy atom. The third kappa shape index (κ3) is 4.22. The largest absolute Gasteiger partial charge is 0.478 e. The van der Waals surface area contributed by atoms with Crippen LogP contribution in [0.15, 0.2) is 60.8 Å². The van der Waals surface area contributed by atoms with Gasteiger partial charge in [0.1, 0.15) is 6.61 Å². The molecule has 2 aromatic carbocycles. The summed E-state index contributed by atoms with van der Waals surface area (Å²) in [6, 6.07) is 15.7. The van der Waals surface area contributed by atoms with Crippen molar-refractivity contribution in [2.24, 2.45) is 0 Å². The number of benzene rings is 2. The standard InChI is InChI=1S/C21H18N4O4/c26-19-13-29-12-11-25(19)17-7-5-16(6-8-17)23-21-22-10-9-18(24-21)14-1-3-15(4-2-14)20(27)28/h1-10H,11-13H2,(H,27,28)(H,22,23,24). The topological polar surface area (TPSA) is 105 Å². The molecule has 8 heteroatoms. The first kappa shape index (κ1) is 18.6. The number of amides is 1. The van der Waals surface area contributed by atoms with Gasteiger partial charge >= 0.3 is 5.97 Å². The lowest BCUT2D eigenvalue weighted by molar-refractivity contribution is -0.125. The average Bonchev–Trinajstić information content (AvgIpc) is 2.75. The number of hydrogen-bond acceptors (Lipinski definition) is 6. The number of carbonyl (C=O) groups excluding carboxylic acids is 1. The van der Waals surface area contributed by atoms with Crippen molar-refractivity contribution in [3.05, 3.63) is 66.4 Å². The molecule has 0 spiro atoms. The Morgan fingerprint density at radius 1 is 1.07 bits per heavy atom. The maximum Gasteiger partial charge on any atom is 0.335 e. The molecule has 2 heterocycles. The number of ether oxygens (including phenoxy) is 1. The number of anilines is 3. The van der Waals surface area contributed by atoms with E-state index in [1.807, 2.05) is 24.3 Å². The number of carbonyl (C=O) groups is 2. The zero-order valence-corrected chi connectivity index (χ0v) is 15.4. The SMILES string of the molecule is O=C(O)c1ccc(-c2ccnc(Nc3ccc(N4CCOCC4=O)cc3)n2)cc1. The van der Waals surface area contributed by atoms with Crippen LogP contribution in [0.2, 0.25) is 0 Å². The Labute approximate surface area is 166 Å². The van der Waals surface area contributed by atoms with E-state index in [0.29, 0.717) is 24.8 Å². The summed E-state index contributed by atoms with van der Waals surface area (Å²) in [5.41, 5.74) is 3.29. The number of carboxylic acid groups (broad SMARTS) is 1. The van der Waals surface area contributed by atoms with Crippen LogP contribution in [0.4, 0.5) is 17.3 Å². The molecular weight excluding hydrogens is 372 g/mol. The number of nitrogens with one attached hydrogen (secondary N) is 1. The maximum atomic E-state index is 11.9. The molecule has 3 aromatic rings. The van der Waals surface area contributed by atoms with Crippen molar-refractivity contribution in [3.8, 4) is 11.3 Å². The molecule has 1 fully saturated rings. The van der Waals surface area contributed by atoms with Gasteiger partial charge in [-0.15, -0.1) is 0 Å². The van der Waals surface area contributed by atoms with E-state index in [-0.39, 0.29) is 18.1 Å². The number of morpholine rings is 1. The Bertz CT molecular complexity index is 1040. The van der Waals surface area contributed by atoms with E-state index < -0.39 is 5.97 Å². The lowest BCUT2D eigenvalue weighted by Crippen LogP contribution is -2.41. The second-order valence-electron chi connectivity index (χ2n) is 6.42. The van der Waals surface area contributed by atoms with Crippen LogP contribution in [0.25, 0.3) is 11.3 Å². The number of aromatic nitrogens is 2. The highest BCUT2D eigenvalue weighted by atomic mass is 16.5. The van der Waals surface area contributed by atoms with Gasteiger partial charge in [-0.05, 0) is 42.5 Å². The van der Waals surface area contributed by atoms with Crippen LogP contribution in [-0.4, -0.2) is 46.7 Å². The third-order valence-corrected chi connectivity index (χ3v) is 4.50. The molecule has 29 heavy (non-hydrogen) atoms. The van der Waals surface area contributed by atoms with Gasteiger partial charge in [-0.3, -0.25) is 4.79 Å². The molecule has 0 unspecified atom stereocenters. The van der Waals surface area contributed by atoms with E-state index in [9.17, 15) is 9.59 Å². The van der Waals surface area contributed by atoms with Crippen LogP contribution in [0.3, 0.4) is 0 Å². The van der Waals surface area contributed by atoms with Crippen molar-refractivity contribution >= 4 is 29.2 Å². The first-order chi connectivity index (χ1) is 14.1. The van der Waals surface area contributed by atoms with Crippen molar-refractivity contribution in [1.82, 2.24) is 9.97 Å². The molecular formula is C21H18N4O4. The molecule has 0 radical (unpaired) electrons. The van der Waals surface area contributed by atoms with E-state index in [2.05, 4.69) is 15.3 Å². The van der Waals surface area contributed by atoms with E-state index in [1.54, 1.807) is 41.4 Å². The van der Waals surface area contributed by atoms with E-state index >= 15 is 0 Å². The molecule has 1 saturated heterocycles. The van der Waals surface area contributed by atoms with Crippen LogP contribution in [0, 0.1) is 0 Å². The summed E-state index contributed by atoms with van der Waals surface area (Å²) in [6.45, 7) is 1.17. The number of carboxylic acids is 1. The molecule has 1 aliphatic heterocycles. The number of hydrogen-bond donors (Lipinski definition) is 2. The average molecular weight is 390 g/mol. The normalized spacial score (nSPS) is 13.9. The summed E-state index contributed by atoms with van der Waals surface area (Å²) in [7, 11) is 0. The summed E-state index contributed by atoms with van der Waals surface area (Å²) in [6.07, 6.45) is 1.64. The van der Waals surface area contributed by atoms with Gasteiger partial charge < -0.3 is 20.1 Å². The van der Waals surface area contributed by atoms with Gasteiger partial charge in [-0.1, -0.05) is 12.1 Å². The molecule has 0 saturated carbocycles. The minimum atomic E-state index is -0.969. The Balaban J connectivity index is 1.49. The minimum absolute atomic E-state index is 0.0538. The number of rotatable bonds is 5. The van der Waals surface area contributed by atoms with E-state index in [1.165, 1.54) is 0 Å². The summed E-state index contributed by atoms with van der Waals surface area (Å²) >= 11 is 0. The Morgan fingerprint density at radius 3 is 2.52 bits per heavy atom. The van der Waals surface area contributed by atoms with Gasteiger partial charge in [0.15, 0.2) is 0 Å². The van der Waals surface area contributed by atoms with Gasteiger partial charge in [0.25, 0.3) is 5.91 Å². The highest BCUT2D eigenvalue weighted by Gasteiger charge is 2.19. The fourth-order valence-electron chi connectivity index (χ4n) is 3.01. The Kier molecular flexibility index (Phi) is 5.17. The first-order valence-corrected chi connectivity index (χ1v) is 9.02. The van der Waals surface area contributed by atoms with Crippen molar-refractivity contribution < 1.29 is 19.4 Å².